The Morgan fingerprint density at radius 3 is 2.05 bits per heavy atom. The number of piperazine rings is 1. The largest absolute Gasteiger partial charge is 0.511 e. The Bertz CT molecular complexity index is 1850. The molecule has 9 nitrogen and oxygen atoms in total. The fourth-order valence-electron chi connectivity index (χ4n) is 6.49. The summed E-state index contributed by atoms with van der Waals surface area (Å²) >= 11 is 0. The molecule has 0 amide bonds. The predicted molar refractivity (Wildman–Crippen MR) is 160 cm³/mol. The highest BCUT2D eigenvalue weighted by Gasteiger charge is 2.38. The average molecular weight is 591 g/mol. The highest BCUT2D eigenvalue weighted by molar-refractivity contribution is 6.29. The van der Waals surface area contributed by atoms with Crippen LogP contribution in [-0.4, -0.2) is 74.7 Å². The second-order valence-corrected chi connectivity index (χ2v) is 11.1. The predicted octanol–water partition coefficient (Wildman–Crippen LogP) is 2.36. The van der Waals surface area contributed by atoms with Crippen molar-refractivity contribution in [2.75, 3.05) is 39.3 Å². The van der Waals surface area contributed by atoms with Crippen LogP contribution in [0.25, 0.3) is 38.1 Å². The fraction of sp³-hybridized carbons (Fsp3) is 0.379. The maximum absolute atomic E-state index is 14.0. The van der Waals surface area contributed by atoms with Gasteiger partial charge in [0.15, 0.2) is 10.9 Å². The van der Waals surface area contributed by atoms with Gasteiger partial charge in [0, 0.05) is 60.8 Å². The van der Waals surface area contributed by atoms with Crippen molar-refractivity contribution in [2.45, 2.75) is 32.7 Å². The molecular formula is C29H32Cl2N2O7. The highest BCUT2D eigenvalue weighted by atomic mass is 35.5. The summed E-state index contributed by atoms with van der Waals surface area (Å²) in [7, 11) is 0. The molecule has 0 aromatic heterocycles. The lowest BCUT2D eigenvalue weighted by Crippen LogP contribution is -2.48. The fourth-order valence-corrected chi connectivity index (χ4v) is 6.49. The second kappa shape index (κ2) is 10.1. The molecule has 1 aliphatic carbocycles. The number of aliphatic hydroxyl groups excluding tert-OH is 2. The number of β-amino-alcohol motifs (C(OH)–C–C–N with tert-alkyl or cyclic N) is 1. The molecule has 214 valence electrons. The van der Waals surface area contributed by atoms with Crippen molar-refractivity contribution in [3.05, 3.63) is 54.5 Å². The Balaban J connectivity index is 0.00000185. The Kier molecular flexibility index (Phi) is 7.53. The number of hydrogen-bond acceptors (Lipinski definition) is 9. The minimum Gasteiger partial charge on any atom is -0.511 e. The molecule has 5 N–H and O–H groups in total. The van der Waals surface area contributed by atoms with Crippen molar-refractivity contribution < 1.29 is 25.5 Å². The number of nitrogens with zero attached hydrogens (tertiary/aromatic N) is 2. The number of phenols is 3. The zero-order chi connectivity index (χ0) is 27.3. The smallest absolute Gasteiger partial charge is 0.198 e. The number of hydrogen-bond donors (Lipinski definition) is 5. The van der Waals surface area contributed by atoms with Gasteiger partial charge in [0.1, 0.15) is 23.0 Å². The molecule has 6 rings (SSSR count). The standard InChI is InChI=1S/C29H30N2O7.2ClH/c1-13-10-16(33)20-21-18(13)17(34)11-15-19(21)22-23(27(20)37)25(35)14(26(36)24(22)28(38)29(15,2)3)12-31-6-4-30(5-7-31)8-9-32;;/h10-11,32,34-35,37-38H,4-9,12H2,1-3H3;2*1H. The van der Waals surface area contributed by atoms with Crippen LogP contribution in [0.3, 0.4) is 0 Å². The summed E-state index contributed by atoms with van der Waals surface area (Å²) in [6.45, 7) is 8.49. The van der Waals surface area contributed by atoms with E-state index in [1.807, 2.05) is 4.90 Å². The molecule has 1 fully saturated rings. The average Bonchev–Trinajstić information content (AvgIpc) is 2.85. The van der Waals surface area contributed by atoms with Gasteiger partial charge < -0.3 is 25.5 Å². The van der Waals surface area contributed by atoms with Crippen LogP contribution in [-0.2, 0) is 12.0 Å². The van der Waals surface area contributed by atoms with Gasteiger partial charge in [-0.05, 0) is 49.4 Å². The van der Waals surface area contributed by atoms with Crippen LogP contribution in [0.1, 0.15) is 30.5 Å². The molecule has 0 spiro atoms. The number of aryl methyl sites for hydroxylation is 1. The van der Waals surface area contributed by atoms with Gasteiger partial charge in [-0.3, -0.25) is 19.4 Å². The van der Waals surface area contributed by atoms with Crippen LogP contribution in [0.5, 0.6) is 17.2 Å². The van der Waals surface area contributed by atoms with Crippen LogP contribution in [0.4, 0.5) is 0 Å². The number of aromatic hydroxyl groups is 3. The van der Waals surface area contributed by atoms with E-state index in [-0.39, 0.29) is 76.4 Å². The van der Waals surface area contributed by atoms with Crippen LogP contribution in [0.2, 0.25) is 0 Å². The zero-order valence-corrected chi connectivity index (χ0v) is 24.0. The third kappa shape index (κ3) is 3.87. The van der Waals surface area contributed by atoms with Crippen LogP contribution >= 0.6 is 24.8 Å². The van der Waals surface area contributed by atoms with Crippen molar-refractivity contribution >= 4 is 62.9 Å². The topological polar surface area (TPSA) is 142 Å². The number of benzene rings is 4. The van der Waals surface area contributed by atoms with E-state index in [1.54, 1.807) is 20.8 Å². The summed E-state index contributed by atoms with van der Waals surface area (Å²) in [5.41, 5.74) is -1.01. The monoisotopic (exact) mass is 590 g/mol. The third-order valence-electron chi connectivity index (χ3n) is 8.56. The van der Waals surface area contributed by atoms with Crippen molar-refractivity contribution in [3.63, 3.8) is 0 Å². The lowest BCUT2D eigenvalue weighted by atomic mass is 9.72. The molecule has 4 aromatic rings. The van der Waals surface area contributed by atoms with Crippen molar-refractivity contribution in [3.8, 4) is 17.2 Å². The van der Waals surface area contributed by atoms with Gasteiger partial charge in [-0.15, -0.1) is 24.8 Å². The van der Waals surface area contributed by atoms with Gasteiger partial charge in [0.05, 0.1) is 28.2 Å². The quantitative estimate of drug-likeness (QED) is 0.179. The molecule has 1 aliphatic heterocycles. The summed E-state index contributed by atoms with van der Waals surface area (Å²) in [4.78, 5) is 31.3. The Labute approximate surface area is 241 Å². The maximum Gasteiger partial charge on any atom is 0.198 e. The maximum atomic E-state index is 14.0. The Morgan fingerprint density at radius 2 is 1.43 bits per heavy atom. The van der Waals surface area contributed by atoms with Gasteiger partial charge in [0.2, 0.25) is 0 Å². The Hall–Kier alpha value is -3.08. The van der Waals surface area contributed by atoms with Crippen molar-refractivity contribution in [1.82, 2.24) is 9.80 Å². The van der Waals surface area contributed by atoms with Crippen LogP contribution in [0, 0.1) is 6.92 Å². The molecular weight excluding hydrogens is 559 g/mol. The number of phenolic OH excluding ortho intramolecular Hbond substituents is 3. The summed E-state index contributed by atoms with van der Waals surface area (Å²) < 4.78 is 0. The van der Waals surface area contributed by atoms with Gasteiger partial charge in [-0.25, -0.2) is 0 Å². The first-order chi connectivity index (χ1) is 18.0. The Morgan fingerprint density at radius 1 is 0.800 bits per heavy atom. The lowest BCUT2D eigenvalue weighted by molar-refractivity contribution is 0.108. The minimum atomic E-state index is -1.09. The molecule has 0 saturated carbocycles. The van der Waals surface area contributed by atoms with E-state index in [2.05, 4.69) is 4.90 Å². The van der Waals surface area contributed by atoms with Gasteiger partial charge >= 0.3 is 0 Å². The molecule has 0 radical (unpaired) electrons. The lowest BCUT2D eigenvalue weighted by Gasteiger charge is -2.35. The van der Waals surface area contributed by atoms with E-state index in [1.165, 1.54) is 12.1 Å². The first-order valence-electron chi connectivity index (χ1n) is 12.8. The molecule has 11 heteroatoms. The van der Waals surface area contributed by atoms with E-state index in [4.69, 9.17) is 0 Å². The molecule has 40 heavy (non-hydrogen) atoms. The van der Waals surface area contributed by atoms with Crippen LogP contribution in [0.15, 0.2) is 21.7 Å². The molecule has 4 aromatic carbocycles. The molecule has 0 atom stereocenters. The first kappa shape index (κ1) is 29.9. The van der Waals surface area contributed by atoms with E-state index in [9.17, 15) is 35.1 Å². The van der Waals surface area contributed by atoms with Crippen molar-refractivity contribution in [2.24, 2.45) is 0 Å². The molecule has 0 unspecified atom stereocenters. The summed E-state index contributed by atoms with van der Waals surface area (Å²) in [6, 6.07) is 2.88. The van der Waals surface area contributed by atoms with Gasteiger partial charge in [0.25, 0.3) is 0 Å². The van der Waals surface area contributed by atoms with E-state index < -0.39 is 27.8 Å². The summed E-state index contributed by atoms with van der Waals surface area (Å²) in [6.07, 6.45) is 0. The van der Waals surface area contributed by atoms with Gasteiger partial charge in [-0.2, -0.15) is 0 Å². The van der Waals surface area contributed by atoms with E-state index in [0.29, 0.717) is 60.0 Å². The first-order valence-corrected chi connectivity index (χ1v) is 12.8. The molecule has 1 heterocycles. The summed E-state index contributed by atoms with van der Waals surface area (Å²) in [5, 5.41) is 55.9. The number of aliphatic hydroxyl groups is 2. The molecule has 2 aliphatic rings. The third-order valence-corrected chi connectivity index (χ3v) is 8.56. The minimum absolute atomic E-state index is 0. The second-order valence-electron chi connectivity index (χ2n) is 11.1. The van der Waals surface area contributed by atoms with Crippen LogP contribution < -0.4 is 16.1 Å². The number of halogens is 2. The summed E-state index contributed by atoms with van der Waals surface area (Å²) in [5.74, 6) is -1.19. The van der Waals surface area contributed by atoms with E-state index >= 15 is 0 Å². The number of rotatable bonds is 4. The van der Waals surface area contributed by atoms with Gasteiger partial charge in [-0.1, -0.05) is 0 Å². The van der Waals surface area contributed by atoms with Crippen molar-refractivity contribution in [1.29, 1.82) is 0 Å². The SMILES string of the molecule is Cc1cc(=O)c2c(O)c3c(O)c(CN4CCN(CCO)CC4)c(=O)c4c3c3c(cc(O)c1c23)C(C)(C)C=4O.Cl.Cl. The normalized spacial score (nSPS) is 17.1. The molecule has 0 bridgehead atoms. The highest BCUT2D eigenvalue weighted by Crippen LogP contribution is 2.51. The van der Waals surface area contributed by atoms with E-state index in [0.717, 1.165) is 0 Å². The zero-order valence-electron chi connectivity index (χ0n) is 22.4. The molecule has 1 saturated heterocycles.